The van der Waals surface area contributed by atoms with Crippen LogP contribution in [0.5, 0.6) is 0 Å². The van der Waals surface area contributed by atoms with Crippen LogP contribution in [0.25, 0.3) is 0 Å². The molecule has 6 unspecified atom stereocenters. The molecule has 1 saturated heterocycles. The van der Waals surface area contributed by atoms with Crippen LogP contribution < -0.4 is 11.3 Å². The second-order valence-electron chi connectivity index (χ2n) is 5.43. The van der Waals surface area contributed by atoms with E-state index in [1.165, 1.54) is 0 Å². The van der Waals surface area contributed by atoms with Crippen LogP contribution in [-0.4, -0.2) is 32.0 Å². The Kier molecular flexibility index (Phi) is 5.86. The van der Waals surface area contributed by atoms with Gasteiger partial charge in [-0.3, -0.25) is 11.3 Å². The van der Waals surface area contributed by atoms with E-state index in [1.807, 2.05) is 0 Å². The van der Waals surface area contributed by atoms with Crippen molar-refractivity contribution in [3.05, 3.63) is 0 Å². The van der Waals surface area contributed by atoms with Crippen molar-refractivity contribution in [3.63, 3.8) is 0 Å². The molecular formula is C13H28N2O2. The smallest absolute Gasteiger partial charge is 0.0597 e. The van der Waals surface area contributed by atoms with Crippen LogP contribution >= 0.6 is 0 Å². The van der Waals surface area contributed by atoms with Crippen molar-refractivity contribution >= 4 is 0 Å². The zero-order valence-corrected chi connectivity index (χ0v) is 11.8. The van der Waals surface area contributed by atoms with Gasteiger partial charge in [-0.1, -0.05) is 13.8 Å². The lowest BCUT2D eigenvalue weighted by Crippen LogP contribution is -2.49. The Balaban J connectivity index is 2.65. The van der Waals surface area contributed by atoms with Crippen molar-refractivity contribution < 1.29 is 9.47 Å². The second kappa shape index (κ2) is 6.69. The van der Waals surface area contributed by atoms with Crippen molar-refractivity contribution in [1.82, 2.24) is 5.43 Å². The lowest BCUT2D eigenvalue weighted by molar-refractivity contribution is 0.0435. The molecule has 0 aromatic carbocycles. The van der Waals surface area contributed by atoms with Gasteiger partial charge in [-0.15, -0.1) is 0 Å². The minimum atomic E-state index is 0.269. The molecule has 0 aliphatic carbocycles. The standard InChI is InChI=1S/C13H28N2O2/c1-8(6-7-16-5)13(15-14)12-9(2)10(3)17-11(12)4/h8-13,15H,6-7,14H2,1-5H3. The number of hydrogen-bond donors (Lipinski definition) is 2. The van der Waals surface area contributed by atoms with E-state index in [4.69, 9.17) is 15.3 Å². The van der Waals surface area contributed by atoms with Crippen molar-refractivity contribution in [3.8, 4) is 0 Å². The highest BCUT2D eigenvalue weighted by Crippen LogP contribution is 2.36. The van der Waals surface area contributed by atoms with Gasteiger partial charge in [0.2, 0.25) is 0 Å². The van der Waals surface area contributed by atoms with Gasteiger partial charge in [-0.25, -0.2) is 0 Å². The fourth-order valence-corrected chi connectivity index (χ4v) is 3.05. The van der Waals surface area contributed by atoms with E-state index in [2.05, 4.69) is 33.1 Å². The summed E-state index contributed by atoms with van der Waals surface area (Å²) in [4.78, 5) is 0. The Labute approximate surface area is 105 Å². The highest BCUT2D eigenvalue weighted by Gasteiger charge is 2.42. The maximum absolute atomic E-state index is 5.90. The number of hydrazine groups is 1. The first-order valence-corrected chi connectivity index (χ1v) is 6.63. The molecule has 0 aromatic heterocycles. The summed E-state index contributed by atoms with van der Waals surface area (Å²) >= 11 is 0. The topological polar surface area (TPSA) is 56.5 Å². The van der Waals surface area contributed by atoms with E-state index in [0.29, 0.717) is 29.9 Å². The molecule has 4 heteroatoms. The van der Waals surface area contributed by atoms with E-state index in [1.54, 1.807) is 7.11 Å². The Bertz CT molecular complexity index is 225. The monoisotopic (exact) mass is 244 g/mol. The molecule has 0 amide bonds. The molecule has 0 spiro atoms. The average Bonchev–Trinajstić information content (AvgIpc) is 2.54. The largest absolute Gasteiger partial charge is 0.385 e. The molecule has 17 heavy (non-hydrogen) atoms. The van der Waals surface area contributed by atoms with Crippen molar-refractivity contribution in [2.45, 2.75) is 52.4 Å². The van der Waals surface area contributed by atoms with Crippen LogP contribution in [0.2, 0.25) is 0 Å². The first-order chi connectivity index (χ1) is 8.02. The highest BCUT2D eigenvalue weighted by atomic mass is 16.5. The van der Waals surface area contributed by atoms with Crippen molar-refractivity contribution in [2.75, 3.05) is 13.7 Å². The molecule has 102 valence electrons. The number of hydrogen-bond acceptors (Lipinski definition) is 4. The van der Waals surface area contributed by atoms with Gasteiger partial charge < -0.3 is 9.47 Å². The summed E-state index contributed by atoms with van der Waals surface area (Å²) < 4.78 is 11.0. The van der Waals surface area contributed by atoms with E-state index in [9.17, 15) is 0 Å². The number of nitrogens with one attached hydrogen (secondary N) is 1. The summed E-state index contributed by atoms with van der Waals surface area (Å²) in [6, 6.07) is 0.292. The first kappa shape index (κ1) is 14.9. The Hall–Kier alpha value is -0.160. The third kappa shape index (κ3) is 3.41. The average molecular weight is 244 g/mol. The molecular weight excluding hydrogens is 216 g/mol. The quantitative estimate of drug-likeness (QED) is 0.550. The zero-order valence-electron chi connectivity index (χ0n) is 11.8. The van der Waals surface area contributed by atoms with E-state index in [-0.39, 0.29) is 6.10 Å². The Morgan fingerprint density at radius 2 is 1.94 bits per heavy atom. The summed E-state index contributed by atoms with van der Waals surface area (Å²) in [5.74, 6) is 7.25. The van der Waals surface area contributed by atoms with Gasteiger partial charge in [0.1, 0.15) is 0 Å². The van der Waals surface area contributed by atoms with Crippen LogP contribution in [0.3, 0.4) is 0 Å². The van der Waals surface area contributed by atoms with E-state index < -0.39 is 0 Å². The number of nitrogens with two attached hydrogens (primary N) is 1. The third-order valence-corrected chi connectivity index (χ3v) is 4.32. The molecule has 1 aliphatic rings. The zero-order chi connectivity index (χ0) is 13.0. The molecule has 0 aromatic rings. The van der Waals surface area contributed by atoms with Crippen LogP contribution in [0.15, 0.2) is 0 Å². The van der Waals surface area contributed by atoms with E-state index >= 15 is 0 Å². The molecule has 0 saturated carbocycles. The molecule has 0 radical (unpaired) electrons. The molecule has 1 aliphatic heterocycles. The molecule has 1 heterocycles. The lowest BCUT2D eigenvalue weighted by Gasteiger charge is -2.33. The number of methoxy groups -OCH3 is 1. The summed E-state index contributed by atoms with van der Waals surface area (Å²) in [7, 11) is 1.74. The second-order valence-corrected chi connectivity index (χ2v) is 5.43. The summed E-state index contributed by atoms with van der Waals surface area (Å²) in [5, 5.41) is 0. The van der Waals surface area contributed by atoms with Crippen molar-refractivity contribution in [2.24, 2.45) is 23.6 Å². The predicted molar refractivity (Wildman–Crippen MR) is 69.4 cm³/mol. The molecule has 1 fully saturated rings. The Morgan fingerprint density at radius 3 is 2.35 bits per heavy atom. The van der Waals surface area contributed by atoms with Gasteiger partial charge in [0.15, 0.2) is 0 Å². The van der Waals surface area contributed by atoms with Gasteiger partial charge in [0.05, 0.1) is 12.2 Å². The third-order valence-electron chi connectivity index (χ3n) is 4.32. The summed E-state index contributed by atoms with van der Waals surface area (Å²) in [6.45, 7) is 9.57. The lowest BCUT2D eigenvalue weighted by atomic mass is 9.78. The summed E-state index contributed by atoms with van der Waals surface area (Å²) in [5.41, 5.74) is 3.00. The van der Waals surface area contributed by atoms with Gasteiger partial charge in [0.25, 0.3) is 0 Å². The highest BCUT2D eigenvalue weighted by molar-refractivity contribution is 4.92. The number of ether oxygens (including phenoxy) is 2. The fourth-order valence-electron chi connectivity index (χ4n) is 3.05. The minimum Gasteiger partial charge on any atom is -0.385 e. The van der Waals surface area contributed by atoms with Crippen LogP contribution in [0.1, 0.15) is 34.1 Å². The maximum Gasteiger partial charge on any atom is 0.0597 e. The molecule has 4 nitrogen and oxygen atoms in total. The minimum absolute atomic E-state index is 0.269. The first-order valence-electron chi connectivity index (χ1n) is 6.63. The number of rotatable bonds is 6. The molecule has 0 bridgehead atoms. The molecule has 3 N–H and O–H groups in total. The Morgan fingerprint density at radius 1 is 1.29 bits per heavy atom. The maximum atomic E-state index is 5.90. The van der Waals surface area contributed by atoms with Crippen LogP contribution in [-0.2, 0) is 9.47 Å². The van der Waals surface area contributed by atoms with Crippen molar-refractivity contribution in [1.29, 1.82) is 0 Å². The van der Waals surface area contributed by atoms with Crippen LogP contribution in [0.4, 0.5) is 0 Å². The van der Waals surface area contributed by atoms with E-state index in [0.717, 1.165) is 13.0 Å². The normalized spacial score (nSPS) is 37.1. The van der Waals surface area contributed by atoms with Gasteiger partial charge in [-0.05, 0) is 32.1 Å². The fraction of sp³-hybridized carbons (Fsp3) is 1.00. The van der Waals surface area contributed by atoms with Gasteiger partial charge in [-0.2, -0.15) is 0 Å². The molecule has 6 atom stereocenters. The predicted octanol–water partition coefficient (Wildman–Crippen LogP) is 1.55. The van der Waals surface area contributed by atoms with Crippen LogP contribution in [0, 0.1) is 17.8 Å². The molecule has 1 rings (SSSR count). The SMILES string of the molecule is COCCC(C)C(NN)C1C(C)OC(C)C1C. The van der Waals surface area contributed by atoms with Gasteiger partial charge >= 0.3 is 0 Å². The van der Waals surface area contributed by atoms with Gasteiger partial charge in [0, 0.05) is 25.7 Å². The summed E-state index contributed by atoms with van der Waals surface area (Å²) in [6.07, 6.45) is 1.61.